The second-order valence-electron chi connectivity index (χ2n) is 6.66. The average molecular weight is 431 g/mol. The summed E-state index contributed by atoms with van der Waals surface area (Å²) in [4.78, 5) is 11.1. The predicted octanol–water partition coefficient (Wildman–Crippen LogP) is 3.01. The normalized spacial score (nSPS) is 17.3. The molecule has 3 aromatic rings. The summed E-state index contributed by atoms with van der Waals surface area (Å²) in [6, 6.07) is 6.18. The van der Waals surface area contributed by atoms with Gasteiger partial charge in [0.1, 0.15) is 16.7 Å². The van der Waals surface area contributed by atoms with Gasteiger partial charge in [-0.25, -0.2) is 14.5 Å². The molecule has 2 fully saturated rings. The van der Waals surface area contributed by atoms with Crippen LogP contribution in [0.1, 0.15) is 12.8 Å². The lowest BCUT2D eigenvalue weighted by Crippen LogP contribution is -2.36. The molecule has 1 saturated carbocycles. The minimum atomic E-state index is 0.326. The molecule has 1 N–H and O–H groups in total. The van der Waals surface area contributed by atoms with Crippen LogP contribution in [-0.2, 0) is 4.74 Å². The van der Waals surface area contributed by atoms with E-state index in [-0.39, 0.29) is 0 Å². The Morgan fingerprint density at radius 2 is 2.07 bits per heavy atom. The van der Waals surface area contributed by atoms with Crippen LogP contribution < -0.4 is 15.0 Å². The molecule has 9 heteroatoms. The lowest BCUT2D eigenvalue weighted by molar-refractivity contribution is 0.122. The first kappa shape index (κ1) is 16.8. The van der Waals surface area contributed by atoms with Crippen LogP contribution >= 0.6 is 15.9 Å². The number of ether oxygens (including phenoxy) is 2. The van der Waals surface area contributed by atoms with Crippen LogP contribution in [0.4, 0.5) is 17.2 Å². The summed E-state index contributed by atoms with van der Waals surface area (Å²) >= 11 is 3.42. The fourth-order valence-corrected chi connectivity index (χ4v) is 3.51. The van der Waals surface area contributed by atoms with Crippen molar-refractivity contribution >= 4 is 38.8 Å². The second-order valence-corrected chi connectivity index (χ2v) is 7.48. The zero-order valence-corrected chi connectivity index (χ0v) is 16.2. The lowest BCUT2D eigenvalue weighted by atomic mass is 10.2. The Labute approximate surface area is 164 Å². The van der Waals surface area contributed by atoms with E-state index in [4.69, 9.17) is 9.47 Å². The molecule has 140 valence electrons. The predicted molar refractivity (Wildman–Crippen MR) is 105 cm³/mol. The number of hydrogen-bond donors (Lipinski definition) is 1. The van der Waals surface area contributed by atoms with Crippen LogP contribution in [-0.4, -0.2) is 52.0 Å². The third-order valence-electron chi connectivity index (χ3n) is 4.62. The summed E-state index contributed by atoms with van der Waals surface area (Å²) in [6.07, 6.45) is 5.85. The zero-order valence-electron chi connectivity index (χ0n) is 14.6. The van der Waals surface area contributed by atoms with E-state index in [0.29, 0.717) is 22.2 Å². The number of morpholine rings is 1. The van der Waals surface area contributed by atoms with Gasteiger partial charge in [0.05, 0.1) is 31.2 Å². The highest BCUT2D eigenvalue weighted by atomic mass is 79.9. The van der Waals surface area contributed by atoms with E-state index < -0.39 is 0 Å². The summed E-state index contributed by atoms with van der Waals surface area (Å²) in [5.41, 5.74) is 2.68. The number of hydrogen-bond acceptors (Lipinski definition) is 7. The molecule has 8 nitrogen and oxygen atoms in total. The van der Waals surface area contributed by atoms with Crippen LogP contribution in [0.5, 0.6) is 5.75 Å². The van der Waals surface area contributed by atoms with Gasteiger partial charge in [-0.15, -0.1) is 0 Å². The van der Waals surface area contributed by atoms with E-state index in [1.165, 1.54) is 6.33 Å². The Kier molecular flexibility index (Phi) is 4.33. The Morgan fingerprint density at radius 1 is 1.22 bits per heavy atom. The molecule has 2 aromatic heterocycles. The molecular formula is C18H19BrN6O2. The second kappa shape index (κ2) is 6.97. The molecule has 0 spiro atoms. The molecule has 27 heavy (non-hydrogen) atoms. The maximum atomic E-state index is 6.20. The monoisotopic (exact) mass is 430 g/mol. The van der Waals surface area contributed by atoms with E-state index >= 15 is 0 Å². The van der Waals surface area contributed by atoms with Crippen molar-refractivity contribution in [3.8, 4) is 5.75 Å². The highest BCUT2D eigenvalue weighted by Gasteiger charge is 2.26. The van der Waals surface area contributed by atoms with Crippen molar-refractivity contribution in [1.82, 2.24) is 19.6 Å². The van der Waals surface area contributed by atoms with Crippen LogP contribution in [0, 0.1) is 0 Å². The van der Waals surface area contributed by atoms with Crippen molar-refractivity contribution in [2.75, 3.05) is 36.5 Å². The van der Waals surface area contributed by atoms with Crippen LogP contribution in [0.15, 0.2) is 35.3 Å². The van der Waals surface area contributed by atoms with Crippen molar-refractivity contribution in [2.24, 2.45) is 0 Å². The third kappa shape index (κ3) is 3.57. The molecule has 0 radical (unpaired) electrons. The molecule has 1 aromatic carbocycles. The maximum absolute atomic E-state index is 6.20. The molecule has 0 atom stereocenters. The molecule has 1 aliphatic carbocycles. The minimum Gasteiger partial charge on any atom is -0.488 e. The number of aromatic nitrogens is 4. The third-order valence-corrected chi connectivity index (χ3v) is 5.01. The topological polar surface area (TPSA) is 76.8 Å². The highest BCUT2D eigenvalue weighted by Crippen LogP contribution is 2.37. The molecule has 0 unspecified atom stereocenters. The standard InChI is InChI=1S/C18H19BrN6O2/c19-16-10-25-18(20-11-21-25)17(23-16)22-12-1-4-14(24-5-7-26-8-6-24)15(9-12)27-13-2-3-13/h1,4,9-11,13H,2-3,5-8H2,(H,22,23). The van der Waals surface area contributed by atoms with Gasteiger partial charge < -0.3 is 19.7 Å². The Hall–Kier alpha value is -2.39. The zero-order chi connectivity index (χ0) is 18.2. The maximum Gasteiger partial charge on any atom is 0.198 e. The fraction of sp³-hybridized carbons (Fsp3) is 0.389. The number of nitrogens with zero attached hydrogens (tertiary/aromatic N) is 5. The fourth-order valence-electron chi connectivity index (χ4n) is 3.14. The lowest BCUT2D eigenvalue weighted by Gasteiger charge is -2.30. The van der Waals surface area contributed by atoms with Gasteiger partial charge >= 0.3 is 0 Å². The van der Waals surface area contributed by atoms with Crippen LogP contribution in [0.3, 0.4) is 0 Å². The molecule has 3 heterocycles. The Morgan fingerprint density at radius 3 is 2.89 bits per heavy atom. The van der Waals surface area contributed by atoms with Gasteiger partial charge in [0.2, 0.25) is 0 Å². The smallest absolute Gasteiger partial charge is 0.198 e. The molecule has 1 saturated heterocycles. The van der Waals surface area contributed by atoms with Crippen molar-refractivity contribution in [2.45, 2.75) is 18.9 Å². The van der Waals surface area contributed by atoms with E-state index in [9.17, 15) is 0 Å². The minimum absolute atomic E-state index is 0.326. The average Bonchev–Trinajstić information content (AvgIpc) is 3.36. The van der Waals surface area contributed by atoms with Gasteiger partial charge in [-0.3, -0.25) is 0 Å². The van der Waals surface area contributed by atoms with Gasteiger partial charge in [0, 0.05) is 24.8 Å². The van der Waals surface area contributed by atoms with Crippen molar-refractivity contribution < 1.29 is 9.47 Å². The van der Waals surface area contributed by atoms with Crippen LogP contribution in [0.25, 0.3) is 5.65 Å². The SMILES string of the molecule is Brc1cn2ncnc2c(Nc2ccc(N3CCOCC3)c(OC3CC3)c2)n1. The highest BCUT2D eigenvalue weighted by molar-refractivity contribution is 9.10. The van der Waals surface area contributed by atoms with Gasteiger partial charge in [-0.05, 0) is 40.9 Å². The van der Waals surface area contributed by atoms with E-state index in [1.807, 2.05) is 12.1 Å². The quantitative estimate of drug-likeness (QED) is 0.666. The van der Waals surface area contributed by atoms with E-state index in [2.05, 4.69) is 47.3 Å². The number of halogens is 1. The molecule has 1 aliphatic heterocycles. The van der Waals surface area contributed by atoms with Gasteiger partial charge in [-0.1, -0.05) is 0 Å². The first-order valence-corrected chi connectivity index (χ1v) is 9.82. The Bertz CT molecular complexity index is 968. The summed E-state index contributed by atoms with van der Waals surface area (Å²) in [7, 11) is 0. The van der Waals surface area contributed by atoms with Gasteiger partial charge in [-0.2, -0.15) is 5.10 Å². The van der Waals surface area contributed by atoms with E-state index in [1.54, 1.807) is 10.7 Å². The largest absolute Gasteiger partial charge is 0.488 e. The number of fused-ring (bicyclic) bond motifs is 1. The number of nitrogens with one attached hydrogen (secondary N) is 1. The molecule has 2 aliphatic rings. The van der Waals surface area contributed by atoms with Gasteiger partial charge in [0.15, 0.2) is 11.5 Å². The Balaban J connectivity index is 1.47. The van der Waals surface area contributed by atoms with Crippen molar-refractivity contribution in [3.05, 3.63) is 35.3 Å². The van der Waals surface area contributed by atoms with Crippen molar-refractivity contribution in [3.63, 3.8) is 0 Å². The molecule has 0 bridgehead atoms. The first-order chi connectivity index (χ1) is 13.3. The molecule has 0 amide bonds. The molecule has 5 rings (SSSR count). The van der Waals surface area contributed by atoms with Crippen molar-refractivity contribution in [1.29, 1.82) is 0 Å². The first-order valence-electron chi connectivity index (χ1n) is 9.02. The molecular weight excluding hydrogens is 412 g/mol. The van der Waals surface area contributed by atoms with Crippen LogP contribution in [0.2, 0.25) is 0 Å². The van der Waals surface area contributed by atoms with E-state index in [0.717, 1.165) is 56.3 Å². The summed E-state index contributed by atoms with van der Waals surface area (Å²) in [5.74, 6) is 1.54. The summed E-state index contributed by atoms with van der Waals surface area (Å²) in [6.45, 7) is 3.24. The number of rotatable bonds is 5. The summed E-state index contributed by atoms with van der Waals surface area (Å²) in [5, 5.41) is 7.53. The van der Waals surface area contributed by atoms with Gasteiger partial charge in [0.25, 0.3) is 0 Å². The summed E-state index contributed by atoms with van der Waals surface area (Å²) < 4.78 is 14.0. The number of anilines is 3. The number of benzene rings is 1.